The fourth-order valence-electron chi connectivity index (χ4n) is 1.69. The second-order valence-corrected chi connectivity index (χ2v) is 4.48. The molecule has 0 radical (unpaired) electrons. The second-order valence-electron chi connectivity index (χ2n) is 4.09. The Balaban J connectivity index is 2.19. The maximum absolute atomic E-state index is 12.8. The minimum Gasteiger partial charge on any atom is -0.363 e. The highest BCUT2D eigenvalue weighted by Crippen LogP contribution is 2.20. The molecule has 1 atom stereocenters. The normalized spacial score (nSPS) is 11.7. The van der Waals surface area contributed by atoms with Gasteiger partial charge in [0, 0.05) is 6.04 Å². The molecule has 1 aromatic carbocycles. The molecule has 96 valence electrons. The first-order valence-electron chi connectivity index (χ1n) is 5.68. The zero-order chi connectivity index (χ0) is 13.8. The van der Waals surface area contributed by atoms with Crippen molar-refractivity contribution in [1.82, 2.24) is 4.98 Å². The fourth-order valence-corrected chi connectivity index (χ4v) is 1.90. The molecule has 0 bridgehead atoms. The van der Waals surface area contributed by atoms with Gasteiger partial charge in [-0.1, -0.05) is 23.7 Å². The molecule has 19 heavy (non-hydrogen) atoms. The lowest BCUT2D eigenvalue weighted by Crippen LogP contribution is -2.08. The Morgan fingerprint density at radius 3 is 2.63 bits per heavy atom. The van der Waals surface area contributed by atoms with E-state index in [2.05, 4.69) is 10.3 Å². The maximum atomic E-state index is 12.8. The van der Waals surface area contributed by atoms with E-state index in [1.54, 1.807) is 18.2 Å². The Labute approximate surface area is 115 Å². The molecule has 5 heteroatoms. The van der Waals surface area contributed by atoms with Crippen molar-refractivity contribution in [3.05, 3.63) is 58.5 Å². The first-order chi connectivity index (χ1) is 9.08. The molecule has 0 aliphatic carbocycles. The van der Waals surface area contributed by atoms with Crippen LogP contribution in [0.25, 0.3) is 0 Å². The molecule has 2 rings (SSSR count). The Bertz CT molecular complexity index is 620. The van der Waals surface area contributed by atoms with Gasteiger partial charge in [0.15, 0.2) is 0 Å². The Morgan fingerprint density at radius 1 is 1.32 bits per heavy atom. The number of anilines is 1. The number of hydrogen-bond donors (Lipinski definition) is 1. The Hall–Kier alpha value is -2.12. The summed E-state index contributed by atoms with van der Waals surface area (Å²) >= 11 is 5.83. The largest absolute Gasteiger partial charge is 0.363 e. The van der Waals surface area contributed by atoms with Gasteiger partial charge in [-0.2, -0.15) is 5.26 Å². The van der Waals surface area contributed by atoms with Gasteiger partial charge in [-0.25, -0.2) is 9.37 Å². The number of nitriles is 1. The second kappa shape index (κ2) is 5.68. The molecule has 1 N–H and O–H groups in total. The van der Waals surface area contributed by atoms with Gasteiger partial charge < -0.3 is 5.32 Å². The molecular weight excluding hydrogens is 265 g/mol. The van der Waals surface area contributed by atoms with Crippen LogP contribution in [0.3, 0.4) is 0 Å². The van der Waals surface area contributed by atoms with Crippen LogP contribution in [0.4, 0.5) is 10.2 Å². The van der Waals surface area contributed by atoms with Crippen LogP contribution >= 0.6 is 11.6 Å². The van der Waals surface area contributed by atoms with Gasteiger partial charge in [-0.15, -0.1) is 0 Å². The molecule has 0 aliphatic rings. The van der Waals surface area contributed by atoms with E-state index in [9.17, 15) is 4.39 Å². The third-order valence-corrected chi connectivity index (χ3v) is 2.85. The van der Waals surface area contributed by atoms with E-state index in [1.165, 1.54) is 18.2 Å². The number of rotatable bonds is 3. The van der Waals surface area contributed by atoms with E-state index >= 15 is 0 Å². The fraction of sp³-hybridized carbons (Fsp3) is 0.143. The van der Waals surface area contributed by atoms with Gasteiger partial charge in [0.25, 0.3) is 0 Å². The summed E-state index contributed by atoms with van der Waals surface area (Å²) in [5.41, 5.74) is 1.36. The summed E-state index contributed by atoms with van der Waals surface area (Å²) < 4.78 is 12.8. The van der Waals surface area contributed by atoms with Crippen LogP contribution in [0.15, 0.2) is 36.4 Å². The topological polar surface area (TPSA) is 48.7 Å². The highest BCUT2D eigenvalue weighted by Gasteiger charge is 2.08. The number of hydrogen-bond acceptors (Lipinski definition) is 3. The average molecular weight is 276 g/mol. The summed E-state index contributed by atoms with van der Waals surface area (Å²) in [6, 6.07) is 11.3. The Morgan fingerprint density at radius 2 is 2.00 bits per heavy atom. The zero-order valence-corrected chi connectivity index (χ0v) is 10.9. The van der Waals surface area contributed by atoms with Gasteiger partial charge in [0.05, 0.1) is 11.6 Å². The number of nitrogens with one attached hydrogen (secondary N) is 1. The van der Waals surface area contributed by atoms with Crippen LogP contribution in [-0.2, 0) is 0 Å². The van der Waals surface area contributed by atoms with Crippen LogP contribution in [0.5, 0.6) is 0 Å². The van der Waals surface area contributed by atoms with E-state index in [0.717, 1.165) is 5.56 Å². The lowest BCUT2D eigenvalue weighted by molar-refractivity contribution is 0.626. The standard InChI is InChI=1S/C14H11ClFN3/c1-9(11-2-4-12(16)5-3-11)18-14-7-10(8-17)6-13(15)19-14/h2-7,9H,1H3,(H,18,19). The van der Waals surface area contributed by atoms with Crippen LogP contribution < -0.4 is 5.32 Å². The van der Waals surface area contributed by atoms with Crippen molar-refractivity contribution in [2.24, 2.45) is 0 Å². The van der Waals surface area contributed by atoms with Crippen molar-refractivity contribution in [3.8, 4) is 6.07 Å². The molecule has 1 heterocycles. The number of aromatic nitrogens is 1. The van der Waals surface area contributed by atoms with E-state index in [-0.39, 0.29) is 17.0 Å². The lowest BCUT2D eigenvalue weighted by Gasteiger charge is -2.15. The van der Waals surface area contributed by atoms with Crippen LogP contribution in [-0.4, -0.2) is 4.98 Å². The van der Waals surface area contributed by atoms with Crippen molar-refractivity contribution in [3.63, 3.8) is 0 Å². The minimum atomic E-state index is -0.274. The zero-order valence-electron chi connectivity index (χ0n) is 10.2. The van der Waals surface area contributed by atoms with Crippen molar-refractivity contribution in [2.45, 2.75) is 13.0 Å². The van der Waals surface area contributed by atoms with Gasteiger partial charge in [-0.3, -0.25) is 0 Å². The summed E-state index contributed by atoms with van der Waals surface area (Å²) in [5.74, 6) is 0.240. The van der Waals surface area contributed by atoms with Crippen LogP contribution in [0.2, 0.25) is 5.15 Å². The number of nitrogens with zero attached hydrogens (tertiary/aromatic N) is 2. The highest BCUT2D eigenvalue weighted by atomic mass is 35.5. The van der Waals surface area contributed by atoms with E-state index in [4.69, 9.17) is 16.9 Å². The molecule has 2 aromatic rings. The molecular formula is C14H11ClFN3. The SMILES string of the molecule is CC(Nc1cc(C#N)cc(Cl)n1)c1ccc(F)cc1. The quantitative estimate of drug-likeness (QED) is 0.864. The molecule has 0 fully saturated rings. The molecule has 1 aromatic heterocycles. The first-order valence-corrected chi connectivity index (χ1v) is 6.06. The van der Waals surface area contributed by atoms with E-state index < -0.39 is 0 Å². The molecule has 0 spiro atoms. The molecule has 0 saturated carbocycles. The highest BCUT2D eigenvalue weighted by molar-refractivity contribution is 6.29. The number of halogens is 2. The molecule has 1 unspecified atom stereocenters. The average Bonchev–Trinajstić information content (AvgIpc) is 2.38. The lowest BCUT2D eigenvalue weighted by atomic mass is 10.1. The third-order valence-electron chi connectivity index (χ3n) is 2.66. The molecule has 3 nitrogen and oxygen atoms in total. The van der Waals surface area contributed by atoms with Gasteiger partial charge in [0.2, 0.25) is 0 Å². The van der Waals surface area contributed by atoms with Crippen molar-refractivity contribution < 1.29 is 4.39 Å². The van der Waals surface area contributed by atoms with Crippen molar-refractivity contribution >= 4 is 17.4 Å². The monoisotopic (exact) mass is 275 g/mol. The minimum absolute atomic E-state index is 0.0712. The van der Waals surface area contributed by atoms with Crippen molar-refractivity contribution in [1.29, 1.82) is 5.26 Å². The molecule has 0 aliphatic heterocycles. The molecule has 0 amide bonds. The summed E-state index contributed by atoms with van der Waals surface area (Å²) in [7, 11) is 0. The predicted molar refractivity (Wildman–Crippen MR) is 72.4 cm³/mol. The summed E-state index contributed by atoms with van der Waals surface area (Å²) in [6.45, 7) is 1.92. The summed E-state index contributed by atoms with van der Waals surface area (Å²) in [5, 5.41) is 12.2. The summed E-state index contributed by atoms with van der Waals surface area (Å²) in [4.78, 5) is 4.09. The van der Waals surface area contributed by atoms with E-state index in [1.807, 2.05) is 13.0 Å². The van der Waals surface area contributed by atoms with E-state index in [0.29, 0.717) is 11.4 Å². The molecule has 0 saturated heterocycles. The van der Waals surface area contributed by atoms with Gasteiger partial charge in [-0.05, 0) is 36.8 Å². The van der Waals surface area contributed by atoms with Crippen LogP contribution in [0, 0.1) is 17.1 Å². The van der Waals surface area contributed by atoms with Crippen LogP contribution in [0.1, 0.15) is 24.1 Å². The number of pyridine rings is 1. The maximum Gasteiger partial charge on any atom is 0.132 e. The number of benzene rings is 1. The van der Waals surface area contributed by atoms with Gasteiger partial charge >= 0.3 is 0 Å². The van der Waals surface area contributed by atoms with Gasteiger partial charge in [0.1, 0.15) is 16.8 Å². The third kappa shape index (κ3) is 3.43. The summed E-state index contributed by atoms with van der Waals surface area (Å²) in [6.07, 6.45) is 0. The predicted octanol–water partition coefficient (Wildman–Crippen LogP) is 3.92. The smallest absolute Gasteiger partial charge is 0.132 e. The van der Waals surface area contributed by atoms with Crippen molar-refractivity contribution in [2.75, 3.05) is 5.32 Å². The first kappa shape index (κ1) is 13.3. The Kier molecular flexibility index (Phi) is 3.98.